The third-order valence-electron chi connectivity index (χ3n) is 7.16. The van der Waals surface area contributed by atoms with E-state index < -0.39 is 10.0 Å². The first-order valence-electron chi connectivity index (χ1n) is 12.7. The first-order chi connectivity index (χ1) is 17.0. The Morgan fingerprint density at radius 2 is 1.60 bits per heavy atom. The summed E-state index contributed by atoms with van der Waals surface area (Å²) >= 11 is 0. The zero-order chi connectivity index (χ0) is 24.3. The van der Waals surface area contributed by atoms with Crippen LogP contribution in [0, 0.1) is 0 Å². The Balaban J connectivity index is 1.22. The average Bonchev–Trinajstić information content (AvgIpc) is 3.26. The van der Waals surface area contributed by atoms with Crippen molar-refractivity contribution in [3.63, 3.8) is 0 Å². The normalized spacial score (nSPS) is 14.9. The Hall–Kier alpha value is -3.12. The molecule has 1 N–H and O–H groups in total. The number of benzene rings is 3. The molecule has 0 atom stereocenters. The fraction of sp³-hybridized carbons (Fsp3) is 0.345. The van der Waals surface area contributed by atoms with Crippen molar-refractivity contribution in [3.05, 3.63) is 89.7 Å². The molecule has 0 radical (unpaired) electrons. The molecule has 5 rings (SSSR count). The van der Waals surface area contributed by atoms with E-state index in [0.29, 0.717) is 16.5 Å². The lowest BCUT2D eigenvalue weighted by molar-refractivity contribution is 0.443. The van der Waals surface area contributed by atoms with Gasteiger partial charge in [0.1, 0.15) is 5.82 Å². The van der Waals surface area contributed by atoms with E-state index in [2.05, 4.69) is 28.3 Å². The molecule has 1 fully saturated rings. The molecular weight excluding hydrogens is 454 g/mol. The molecule has 5 nitrogen and oxygen atoms in total. The maximum atomic E-state index is 12.9. The monoisotopic (exact) mass is 487 g/mol. The van der Waals surface area contributed by atoms with Crippen molar-refractivity contribution in [2.75, 3.05) is 4.72 Å². The summed E-state index contributed by atoms with van der Waals surface area (Å²) in [6.07, 6.45) is 7.93. The largest absolute Gasteiger partial charge is 0.328 e. The molecule has 0 bridgehead atoms. The quantitative estimate of drug-likeness (QED) is 0.301. The van der Waals surface area contributed by atoms with E-state index in [4.69, 9.17) is 4.98 Å². The lowest BCUT2D eigenvalue weighted by Crippen LogP contribution is -2.13. The Labute approximate surface area is 208 Å². The number of hydrogen-bond acceptors (Lipinski definition) is 3. The Morgan fingerprint density at radius 3 is 2.31 bits per heavy atom. The molecule has 1 heterocycles. The number of rotatable bonds is 8. The molecule has 0 spiro atoms. The van der Waals surface area contributed by atoms with Gasteiger partial charge in [0, 0.05) is 18.7 Å². The second-order valence-electron chi connectivity index (χ2n) is 9.47. The van der Waals surface area contributed by atoms with Gasteiger partial charge in [-0.05, 0) is 79.6 Å². The number of nitrogens with zero attached hydrogens (tertiary/aromatic N) is 2. The maximum absolute atomic E-state index is 12.9. The van der Waals surface area contributed by atoms with Gasteiger partial charge in [-0.3, -0.25) is 4.72 Å². The van der Waals surface area contributed by atoms with Gasteiger partial charge < -0.3 is 4.57 Å². The first-order valence-corrected chi connectivity index (χ1v) is 14.2. The summed E-state index contributed by atoms with van der Waals surface area (Å²) in [5.41, 5.74) is 5.18. The van der Waals surface area contributed by atoms with Gasteiger partial charge in [-0.2, -0.15) is 0 Å². The van der Waals surface area contributed by atoms with Crippen molar-refractivity contribution in [1.82, 2.24) is 9.55 Å². The molecule has 4 aromatic rings. The summed E-state index contributed by atoms with van der Waals surface area (Å²) < 4.78 is 30.8. The number of aromatic nitrogens is 2. The van der Waals surface area contributed by atoms with Crippen LogP contribution in [0.3, 0.4) is 0 Å². The van der Waals surface area contributed by atoms with Crippen LogP contribution in [0.5, 0.6) is 0 Å². The molecule has 3 aromatic carbocycles. The smallest absolute Gasteiger partial charge is 0.261 e. The van der Waals surface area contributed by atoms with E-state index in [0.717, 1.165) is 36.3 Å². The molecule has 182 valence electrons. The summed E-state index contributed by atoms with van der Waals surface area (Å²) in [7, 11) is -3.62. The number of hydrogen-bond donors (Lipinski definition) is 1. The number of imidazole rings is 1. The third kappa shape index (κ3) is 5.27. The average molecular weight is 488 g/mol. The van der Waals surface area contributed by atoms with Crippen LogP contribution in [0.1, 0.15) is 61.9 Å². The number of para-hydroxylation sites is 2. The van der Waals surface area contributed by atoms with Crippen molar-refractivity contribution in [2.24, 2.45) is 0 Å². The van der Waals surface area contributed by atoms with E-state index in [1.54, 1.807) is 12.1 Å². The molecule has 1 saturated carbocycles. The van der Waals surface area contributed by atoms with Crippen LogP contribution in [-0.2, 0) is 29.4 Å². The Kier molecular flexibility index (Phi) is 6.91. The third-order valence-corrected chi connectivity index (χ3v) is 8.56. The van der Waals surface area contributed by atoms with Gasteiger partial charge in [-0.25, -0.2) is 13.4 Å². The van der Waals surface area contributed by atoms with Crippen LogP contribution >= 0.6 is 0 Å². The first kappa shape index (κ1) is 23.6. The number of sulfonamides is 1. The standard InChI is InChI=1S/C29H33N3O2S/c1-2-32-28-11-7-6-10-27(28)30-29(32)21-14-22-12-17-25(18-13-22)31-35(33,34)26-19-15-24(16-20-26)23-8-4-3-5-9-23/h6-7,10-13,15-20,23,31H,2-5,8-9,14,21H2,1H3. The molecule has 1 aliphatic rings. The van der Waals surface area contributed by atoms with E-state index in [1.165, 1.54) is 43.2 Å². The van der Waals surface area contributed by atoms with Crippen LogP contribution in [0.15, 0.2) is 77.7 Å². The summed E-state index contributed by atoms with van der Waals surface area (Å²) in [4.78, 5) is 5.11. The molecule has 0 saturated heterocycles. The SMILES string of the molecule is CCn1c(CCc2ccc(NS(=O)(=O)c3ccc(C4CCCCC4)cc3)cc2)nc2ccccc21. The lowest BCUT2D eigenvalue weighted by Gasteiger charge is -2.22. The molecule has 6 heteroatoms. The minimum atomic E-state index is -3.62. The number of aryl methyl sites for hydroxylation is 3. The van der Waals surface area contributed by atoms with Gasteiger partial charge in [0.2, 0.25) is 0 Å². The summed E-state index contributed by atoms with van der Waals surface area (Å²) in [6, 6.07) is 23.3. The molecule has 0 unspecified atom stereocenters. The second-order valence-corrected chi connectivity index (χ2v) is 11.1. The summed E-state index contributed by atoms with van der Waals surface area (Å²) in [5.74, 6) is 1.64. The van der Waals surface area contributed by atoms with E-state index in [1.807, 2.05) is 48.5 Å². The predicted molar refractivity (Wildman–Crippen MR) is 142 cm³/mol. The van der Waals surface area contributed by atoms with Gasteiger partial charge in [0.05, 0.1) is 15.9 Å². The minimum absolute atomic E-state index is 0.305. The van der Waals surface area contributed by atoms with Crippen molar-refractivity contribution in [1.29, 1.82) is 0 Å². The van der Waals surface area contributed by atoms with Crippen LogP contribution < -0.4 is 4.72 Å². The van der Waals surface area contributed by atoms with E-state index >= 15 is 0 Å². The summed E-state index contributed by atoms with van der Waals surface area (Å²) in [6.45, 7) is 3.03. The van der Waals surface area contributed by atoms with Crippen LogP contribution in [0.4, 0.5) is 5.69 Å². The van der Waals surface area contributed by atoms with Gasteiger partial charge in [0.15, 0.2) is 0 Å². The van der Waals surface area contributed by atoms with Gasteiger partial charge in [-0.15, -0.1) is 0 Å². The molecule has 1 aliphatic carbocycles. The zero-order valence-electron chi connectivity index (χ0n) is 20.3. The van der Waals surface area contributed by atoms with Gasteiger partial charge in [0.25, 0.3) is 10.0 Å². The van der Waals surface area contributed by atoms with Crippen molar-refractivity contribution >= 4 is 26.7 Å². The highest BCUT2D eigenvalue weighted by molar-refractivity contribution is 7.92. The van der Waals surface area contributed by atoms with E-state index in [-0.39, 0.29) is 0 Å². The van der Waals surface area contributed by atoms with Crippen molar-refractivity contribution < 1.29 is 8.42 Å². The molecule has 1 aromatic heterocycles. The van der Waals surface area contributed by atoms with E-state index in [9.17, 15) is 8.42 Å². The molecule has 0 amide bonds. The van der Waals surface area contributed by atoms with Crippen LogP contribution in [0.2, 0.25) is 0 Å². The molecule has 0 aliphatic heterocycles. The Morgan fingerprint density at radius 1 is 0.886 bits per heavy atom. The fourth-order valence-electron chi connectivity index (χ4n) is 5.23. The second kappa shape index (κ2) is 10.2. The summed E-state index contributed by atoms with van der Waals surface area (Å²) in [5, 5.41) is 0. The number of fused-ring (bicyclic) bond motifs is 1. The minimum Gasteiger partial charge on any atom is -0.328 e. The van der Waals surface area contributed by atoms with Crippen LogP contribution in [0.25, 0.3) is 11.0 Å². The predicted octanol–water partition coefficient (Wildman–Crippen LogP) is 6.69. The highest BCUT2D eigenvalue weighted by Crippen LogP contribution is 2.33. The zero-order valence-corrected chi connectivity index (χ0v) is 21.1. The van der Waals surface area contributed by atoms with Crippen molar-refractivity contribution in [3.8, 4) is 0 Å². The molecule has 35 heavy (non-hydrogen) atoms. The molecular formula is C29H33N3O2S. The van der Waals surface area contributed by atoms with Gasteiger partial charge in [-0.1, -0.05) is 55.7 Å². The van der Waals surface area contributed by atoms with Crippen LogP contribution in [-0.4, -0.2) is 18.0 Å². The number of nitrogens with one attached hydrogen (secondary N) is 1. The maximum Gasteiger partial charge on any atom is 0.261 e. The Bertz CT molecular complexity index is 1380. The lowest BCUT2D eigenvalue weighted by atomic mass is 9.84. The van der Waals surface area contributed by atoms with Crippen molar-refractivity contribution in [2.45, 2.75) is 69.2 Å². The highest BCUT2D eigenvalue weighted by Gasteiger charge is 2.18. The topological polar surface area (TPSA) is 64.0 Å². The number of anilines is 1. The fourth-order valence-corrected chi connectivity index (χ4v) is 6.29. The van der Waals surface area contributed by atoms with Gasteiger partial charge >= 0.3 is 0 Å². The highest BCUT2D eigenvalue weighted by atomic mass is 32.2.